The molecular formula is C20H22F2N4O2. The molecule has 2 aromatic rings. The van der Waals surface area contributed by atoms with Crippen molar-refractivity contribution in [2.45, 2.75) is 6.54 Å². The number of rotatable bonds is 6. The maximum atomic E-state index is 13.1. The summed E-state index contributed by atoms with van der Waals surface area (Å²) in [5.41, 5.74) is 3.64. The number of carbonyl (C=O) groups excluding carboxylic acids is 1. The maximum absolute atomic E-state index is 13.1. The van der Waals surface area contributed by atoms with Crippen molar-refractivity contribution < 1.29 is 18.7 Å². The van der Waals surface area contributed by atoms with Crippen LogP contribution in [0.1, 0.15) is 11.1 Å². The lowest BCUT2D eigenvalue weighted by atomic mass is 10.2. The molecule has 0 saturated carbocycles. The molecule has 0 unspecified atom stereocenters. The van der Waals surface area contributed by atoms with Crippen LogP contribution >= 0.6 is 0 Å². The lowest BCUT2D eigenvalue weighted by Crippen LogP contribution is -2.48. The zero-order valence-corrected chi connectivity index (χ0v) is 15.3. The minimum Gasteiger partial charge on any atom is -0.507 e. The number of aromatic hydroxyl groups is 1. The molecule has 3 rings (SSSR count). The minimum atomic E-state index is -0.496. The fraction of sp³-hybridized carbons (Fsp3) is 0.300. The van der Waals surface area contributed by atoms with Crippen molar-refractivity contribution in [1.29, 1.82) is 0 Å². The minimum absolute atomic E-state index is 0.114. The fourth-order valence-corrected chi connectivity index (χ4v) is 2.99. The third-order valence-electron chi connectivity index (χ3n) is 4.53. The second kappa shape index (κ2) is 9.38. The van der Waals surface area contributed by atoms with Crippen LogP contribution in [0.25, 0.3) is 0 Å². The lowest BCUT2D eigenvalue weighted by molar-refractivity contribution is -0.122. The number of halogens is 2. The molecule has 0 spiro atoms. The molecule has 0 radical (unpaired) electrons. The van der Waals surface area contributed by atoms with Crippen molar-refractivity contribution in [3.8, 4) is 5.75 Å². The van der Waals surface area contributed by atoms with Gasteiger partial charge >= 0.3 is 0 Å². The summed E-state index contributed by atoms with van der Waals surface area (Å²) in [5.74, 6) is -1.13. The maximum Gasteiger partial charge on any atom is 0.254 e. The molecule has 0 bridgehead atoms. The highest BCUT2D eigenvalue weighted by Crippen LogP contribution is 2.15. The Balaban J connectivity index is 1.40. The second-order valence-electron chi connectivity index (χ2n) is 6.68. The van der Waals surface area contributed by atoms with Gasteiger partial charge in [0.1, 0.15) is 17.4 Å². The van der Waals surface area contributed by atoms with E-state index >= 15 is 0 Å². The van der Waals surface area contributed by atoms with Gasteiger partial charge in [0.2, 0.25) is 0 Å². The number of piperazine rings is 1. The van der Waals surface area contributed by atoms with Gasteiger partial charge in [-0.1, -0.05) is 12.1 Å². The molecule has 6 nitrogen and oxygen atoms in total. The van der Waals surface area contributed by atoms with Crippen molar-refractivity contribution >= 4 is 12.1 Å². The number of hydrogen-bond acceptors (Lipinski definition) is 5. The Hall–Kier alpha value is -2.84. The Morgan fingerprint density at radius 1 is 1.04 bits per heavy atom. The van der Waals surface area contributed by atoms with Crippen LogP contribution in [-0.4, -0.2) is 59.8 Å². The van der Waals surface area contributed by atoms with Gasteiger partial charge in [0.25, 0.3) is 5.91 Å². The van der Waals surface area contributed by atoms with Gasteiger partial charge in [-0.05, 0) is 35.9 Å². The number of nitrogens with zero attached hydrogens (tertiary/aromatic N) is 3. The van der Waals surface area contributed by atoms with Gasteiger partial charge in [-0.2, -0.15) is 5.10 Å². The third-order valence-corrected chi connectivity index (χ3v) is 4.53. The summed E-state index contributed by atoms with van der Waals surface area (Å²) in [6, 6.07) is 9.98. The SMILES string of the molecule is O=C(CN1CCN(Cc2ccc(F)cc2)CC1)N/N=C/c1cc(F)ccc1O. The van der Waals surface area contributed by atoms with E-state index in [0.717, 1.165) is 50.4 Å². The standard InChI is InChI=1S/C20H22F2N4O2/c21-17-3-1-15(2-4-17)13-25-7-9-26(10-8-25)14-20(28)24-23-12-16-11-18(22)5-6-19(16)27/h1-6,11-12,27H,7-10,13-14H2,(H,24,28)/b23-12+. The van der Waals surface area contributed by atoms with Crippen molar-refractivity contribution in [2.24, 2.45) is 5.10 Å². The molecule has 1 aliphatic rings. The summed E-state index contributed by atoms with van der Waals surface area (Å²) in [5, 5.41) is 13.4. The number of phenolic OH excluding ortho intramolecular Hbond substituents is 1. The number of hydrogen-bond donors (Lipinski definition) is 2. The van der Waals surface area contributed by atoms with E-state index in [4.69, 9.17) is 0 Å². The molecular weight excluding hydrogens is 366 g/mol. The Labute approximate surface area is 162 Å². The molecule has 8 heteroatoms. The summed E-state index contributed by atoms with van der Waals surface area (Å²) < 4.78 is 26.1. The first-order chi connectivity index (χ1) is 13.5. The average molecular weight is 388 g/mol. The van der Waals surface area contributed by atoms with E-state index < -0.39 is 5.82 Å². The Morgan fingerprint density at radius 2 is 1.68 bits per heavy atom. The van der Waals surface area contributed by atoms with Crippen LogP contribution in [0.3, 0.4) is 0 Å². The third kappa shape index (κ3) is 5.83. The normalized spacial score (nSPS) is 15.8. The molecule has 1 amide bonds. The summed E-state index contributed by atoms with van der Waals surface area (Å²) in [6.45, 7) is 4.06. The molecule has 0 atom stereocenters. The van der Waals surface area contributed by atoms with Crippen LogP contribution in [0.15, 0.2) is 47.6 Å². The van der Waals surface area contributed by atoms with Crippen molar-refractivity contribution in [3.05, 3.63) is 65.2 Å². The quantitative estimate of drug-likeness (QED) is 0.586. The topological polar surface area (TPSA) is 68.2 Å². The molecule has 2 N–H and O–H groups in total. The Morgan fingerprint density at radius 3 is 2.39 bits per heavy atom. The van der Waals surface area contributed by atoms with Crippen LogP contribution in [0, 0.1) is 11.6 Å². The van der Waals surface area contributed by atoms with Crippen molar-refractivity contribution in [2.75, 3.05) is 32.7 Å². The molecule has 0 aromatic heterocycles. The van der Waals surface area contributed by atoms with Gasteiger partial charge in [0.05, 0.1) is 12.8 Å². The number of amides is 1. The van der Waals surface area contributed by atoms with Crippen molar-refractivity contribution in [1.82, 2.24) is 15.2 Å². The van der Waals surface area contributed by atoms with Crippen LogP contribution in [-0.2, 0) is 11.3 Å². The van der Waals surface area contributed by atoms with E-state index in [1.807, 2.05) is 4.90 Å². The van der Waals surface area contributed by atoms with Gasteiger partial charge in [-0.15, -0.1) is 0 Å². The van der Waals surface area contributed by atoms with E-state index in [0.29, 0.717) is 0 Å². The zero-order valence-electron chi connectivity index (χ0n) is 15.3. The number of carbonyl (C=O) groups is 1. The number of benzene rings is 2. The predicted octanol–water partition coefficient (Wildman–Crippen LogP) is 1.94. The van der Waals surface area contributed by atoms with Gasteiger partial charge in [0.15, 0.2) is 0 Å². The van der Waals surface area contributed by atoms with Gasteiger partial charge in [0, 0.05) is 38.3 Å². The summed E-state index contributed by atoms with van der Waals surface area (Å²) in [6.07, 6.45) is 1.21. The zero-order chi connectivity index (χ0) is 19.9. The molecule has 2 aromatic carbocycles. The Kier molecular flexibility index (Phi) is 6.67. The Bertz CT molecular complexity index is 835. The highest BCUT2D eigenvalue weighted by molar-refractivity contribution is 5.85. The van der Waals surface area contributed by atoms with Crippen LogP contribution in [0.2, 0.25) is 0 Å². The predicted molar refractivity (Wildman–Crippen MR) is 102 cm³/mol. The van der Waals surface area contributed by atoms with E-state index in [2.05, 4.69) is 15.4 Å². The molecule has 1 fully saturated rings. The van der Waals surface area contributed by atoms with E-state index in [1.54, 1.807) is 12.1 Å². The molecule has 0 aliphatic carbocycles. The van der Waals surface area contributed by atoms with Crippen LogP contribution in [0.4, 0.5) is 8.78 Å². The highest BCUT2D eigenvalue weighted by atomic mass is 19.1. The summed E-state index contributed by atoms with van der Waals surface area (Å²) in [4.78, 5) is 16.3. The average Bonchev–Trinajstić information content (AvgIpc) is 2.68. The first-order valence-electron chi connectivity index (χ1n) is 8.99. The first-order valence-corrected chi connectivity index (χ1v) is 8.99. The highest BCUT2D eigenvalue weighted by Gasteiger charge is 2.18. The largest absolute Gasteiger partial charge is 0.507 e. The second-order valence-corrected chi connectivity index (χ2v) is 6.68. The van der Waals surface area contributed by atoms with Gasteiger partial charge < -0.3 is 5.11 Å². The molecule has 148 valence electrons. The molecule has 1 heterocycles. The summed E-state index contributed by atoms with van der Waals surface area (Å²) >= 11 is 0. The van der Waals surface area contributed by atoms with E-state index in [-0.39, 0.29) is 29.6 Å². The number of nitrogens with one attached hydrogen (secondary N) is 1. The monoisotopic (exact) mass is 388 g/mol. The van der Waals surface area contributed by atoms with E-state index in [9.17, 15) is 18.7 Å². The first kappa shape index (κ1) is 19.9. The lowest BCUT2D eigenvalue weighted by Gasteiger charge is -2.34. The smallest absolute Gasteiger partial charge is 0.254 e. The van der Waals surface area contributed by atoms with Gasteiger partial charge in [-0.3, -0.25) is 14.6 Å². The van der Waals surface area contributed by atoms with Crippen LogP contribution < -0.4 is 5.43 Å². The fourth-order valence-electron chi connectivity index (χ4n) is 2.99. The van der Waals surface area contributed by atoms with Gasteiger partial charge in [-0.25, -0.2) is 14.2 Å². The van der Waals surface area contributed by atoms with Crippen molar-refractivity contribution in [3.63, 3.8) is 0 Å². The molecule has 1 saturated heterocycles. The number of phenols is 1. The van der Waals surface area contributed by atoms with E-state index in [1.165, 1.54) is 24.4 Å². The number of hydrazone groups is 1. The molecule has 28 heavy (non-hydrogen) atoms. The van der Waals surface area contributed by atoms with Crippen LogP contribution in [0.5, 0.6) is 5.75 Å². The summed E-state index contributed by atoms with van der Waals surface area (Å²) in [7, 11) is 0. The molecule has 1 aliphatic heterocycles.